The lowest BCUT2D eigenvalue weighted by atomic mass is 9.91. The van der Waals surface area contributed by atoms with E-state index in [4.69, 9.17) is 15.2 Å². The largest absolute Gasteiger partial charge is 0.449 e. The second kappa shape index (κ2) is 4.60. The minimum atomic E-state index is -0.561. The van der Waals surface area contributed by atoms with Crippen LogP contribution in [-0.4, -0.2) is 17.9 Å². The maximum atomic E-state index is 6.02. The first-order valence-electron chi connectivity index (χ1n) is 7.06. The highest BCUT2D eigenvalue weighted by atomic mass is 16.7. The molecule has 0 aromatic heterocycles. The number of hydrogen-bond donors (Lipinski definition) is 2. The fourth-order valence-corrected chi connectivity index (χ4v) is 2.91. The Kier molecular flexibility index (Phi) is 3.05. The summed E-state index contributed by atoms with van der Waals surface area (Å²) in [4.78, 5) is 0. The van der Waals surface area contributed by atoms with Gasteiger partial charge < -0.3 is 20.5 Å². The van der Waals surface area contributed by atoms with Gasteiger partial charge in [-0.15, -0.1) is 0 Å². The number of anilines is 1. The third-order valence-electron chi connectivity index (χ3n) is 3.74. The summed E-state index contributed by atoms with van der Waals surface area (Å²) in [6, 6.07) is 6.83. The molecular formula is C15H22N2O2. The van der Waals surface area contributed by atoms with Gasteiger partial charge in [-0.25, -0.2) is 0 Å². The number of nitrogens with one attached hydrogen (secondary N) is 1. The lowest BCUT2D eigenvalue weighted by molar-refractivity contribution is -0.0431. The summed E-state index contributed by atoms with van der Waals surface area (Å²) in [5.41, 5.74) is 7.10. The minimum Gasteiger partial charge on any atom is -0.449 e. The molecule has 1 aliphatic heterocycles. The van der Waals surface area contributed by atoms with E-state index in [1.165, 1.54) is 12.8 Å². The van der Waals surface area contributed by atoms with Gasteiger partial charge >= 0.3 is 0 Å². The first-order chi connectivity index (χ1) is 9.02. The summed E-state index contributed by atoms with van der Waals surface area (Å²) < 4.78 is 11.4. The molecular weight excluding hydrogens is 240 g/mol. The average Bonchev–Trinajstić information content (AvgIpc) is 2.62. The van der Waals surface area contributed by atoms with Gasteiger partial charge in [0.25, 0.3) is 0 Å². The zero-order valence-electron chi connectivity index (χ0n) is 11.6. The number of fused-ring (bicyclic) bond motifs is 1. The van der Waals surface area contributed by atoms with E-state index in [1.54, 1.807) is 0 Å². The number of benzene rings is 1. The normalized spacial score (nSPS) is 28.2. The van der Waals surface area contributed by atoms with Crippen molar-refractivity contribution in [2.45, 2.75) is 57.4 Å². The van der Waals surface area contributed by atoms with Crippen LogP contribution >= 0.6 is 0 Å². The van der Waals surface area contributed by atoms with Crippen LogP contribution in [0.25, 0.3) is 0 Å². The average molecular weight is 262 g/mol. The van der Waals surface area contributed by atoms with Gasteiger partial charge in [0.1, 0.15) is 0 Å². The Labute approximate surface area is 114 Å². The van der Waals surface area contributed by atoms with Crippen LogP contribution in [-0.2, 0) is 0 Å². The Morgan fingerprint density at radius 1 is 1.21 bits per heavy atom. The number of hydrogen-bond acceptors (Lipinski definition) is 4. The smallest absolute Gasteiger partial charge is 0.246 e. The summed E-state index contributed by atoms with van der Waals surface area (Å²) in [7, 11) is 0. The second-order valence-electron chi connectivity index (χ2n) is 6.03. The fraction of sp³-hybridized carbons (Fsp3) is 0.600. The molecule has 0 saturated heterocycles. The predicted molar refractivity (Wildman–Crippen MR) is 75.6 cm³/mol. The summed E-state index contributed by atoms with van der Waals surface area (Å²) in [6.45, 7) is 3.83. The van der Waals surface area contributed by atoms with Crippen LogP contribution < -0.4 is 20.5 Å². The van der Waals surface area contributed by atoms with Crippen LogP contribution in [0.4, 0.5) is 5.69 Å². The SMILES string of the molecule is CC1(C)Oc2ccc(NC3CCCC(N)C3)cc2O1. The van der Waals surface area contributed by atoms with Crippen molar-refractivity contribution in [2.24, 2.45) is 5.73 Å². The Morgan fingerprint density at radius 3 is 2.79 bits per heavy atom. The molecule has 3 rings (SSSR count). The summed E-state index contributed by atoms with van der Waals surface area (Å²) in [5.74, 6) is 1.07. The van der Waals surface area contributed by atoms with E-state index in [2.05, 4.69) is 5.32 Å². The molecule has 2 atom stereocenters. The molecule has 2 aliphatic rings. The van der Waals surface area contributed by atoms with Crippen LogP contribution in [0.3, 0.4) is 0 Å². The van der Waals surface area contributed by atoms with Crippen molar-refractivity contribution in [2.75, 3.05) is 5.32 Å². The van der Waals surface area contributed by atoms with Crippen molar-refractivity contribution in [3.8, 4) is 11.5 Å². The van der Waals surface area contributed by atoms with Gasteiger partial charge in [0.15, 0.2) is 11.5 Å². The summed E-state index contributed by atoms with van der Waals surface area (Å²) in [6.07, 6.45) is 4.58. The summed E-state index contributed by atoms with van der Waals surface area (Å²) >= 11 is 0. The zero-order chi connectivity index (χ0) is 13.5. The Hall–Kier alpha value is -1.42. The molecule has 1 aliphatic carbocycles. The predicted octanol–water partition coefficient (Wildman–Crippen LogP) is 2.88. The molecule has 1 aromatic carbocycles. The number of rotatable bonds is 2. The topological polar surface area (TPSA) is 56.5 Å². The van der Waals surface area contributed by atoms with Gasteiger partial charge in [-0.1, -0.05) is 0 Å². The minimum absolute atomic E-state index is 0.333. The van der Waals surface area contributed by atoms with Crippen LogP contribution in [0.15, 0.2) is 18.2 Å². The van der Waals surface area contributed by atoms with E-state index in [1.807, 2.05) is 32.0 Å². The standard InChI is InChI=1S/C15H22N2O2/c1-15(2)18-13-7-6-12(9-14(13)19-15)17-11-5-3-4-10(16)8-11/h6-7,9-11,17H,3-5,8,16H2,1-2H3. The molecule has 1 saturated carbocycles. The molecule has 4 heteroatoms. The van der Waals surface area contributed by atoms with E-state index in [-0.39, 0.29) is 0 Å². The van der Waals surface area contributed by atoms with Crippen molar-refractivity contribution >= 4 is 5.69 Å². The molecule has 0 bridgehead atoms. The fourth-order valence-electron chi connectivity index (χ4n) is 2.91. The van der Waals surface area contributed by atoms with Crippen LogP contribution in [0, 0.1) is 0 Å². The highest BCUT2D eigenvalue weighted by Gasteiger charge is 2.31. The second-order valence-corrected chi connectivity index (χ2v) is 6.03. The van der Waals surface area contributed by atoms with Gasteiger partial charge in [-0.05, 0) is 37.8 Å². The van der Waals surface area contributed by atoms with E-state index in [0.29, 0.717) is 12.1 Å². The Morgan fingerprint density at radius 2 is 2.00 bits per heavy atom. The maximum absolute atomic E-state index is 6.02. The van der Waals surface area contributed by atoms with Crippen molar-refractivity contribution in [1.29, 1.82) is 0 Å². The molecule has 1 heterocycles. The van der Waals surface area contributed by atoms with Crippen LogP contribution in [0.1, 0.15) is 39.5 Å². The van der Waals surface area contributed by atoms with Gasteiger partial charge in [0.2, 0.25) is 5.79 Å². The number of nitrogens with two attached hydrogens (primary N) is 1. The van der Waals surface area contributed by atoms with E-state index >= 15 is 0 Å². The van der Waals surface area contributed by atoms with Gasteiger partial charge in [0.05, 0.1) is 0 Å². The molecule has 3 N–H and O–H groups in total. The molecule has 2 unspecified atom stereocenters. The van der Waals surface area contributed by atoms with Crippen molar-refractivity contribution in [3.05, 3.63) is 18.2 Å². The van der Waals surface area contributed by atoms with Crippen molar-refractivity contribution in [1.82, 2.24) is 0 Å². The first kappa shape index (κ1) is 12.6. The lowest BCUT2D eigenvalue weighted by Gasteiger charge is -2.28. The molecule has 1 aromatic rings. The molecule has 1 fully saturated rings. The molecule has 104 valence electrons. The maximum Gasteiger partial charge on any atom is 0.246 e. The van der Waals surface area contributed by atoms with Crippen LogP contribution in [0.5, 0.6) is 11.5 Å². The quantitative estimate of drug-likeness (QED) is 0.860. The molecule has 0 amide bonds. The highest BCUT2D eigenvalue weighted by molar-refractivity contribution is 5.56. The zero-order valence-corrected chi connectivity index (χ0v) is 11.6. The lowest BCUT2D eigenvalue weighted by Crippen LogP contribution is -2.34. The van der Waals surface area contributed by atoms with E-state index in [9.17, 15) is 0 Å². The third kappa shape index (κ3) is 2.78. The summed E-state index contributed by atoms with van der Waals surface area (Å²) in [5, 5.41) is 3.55. The van der Waals surface area contributed by atoms with Gasteiger partial charge in [0, 0.05) is 37.7 Å². The van der Waals surface area contributed by atoms with Crippen LogP contribution in [0.2, 0.25) is 0 Å². The Balaban J connectivity index is 1.70. The highest BCUT2D eigenvalue weighted by Crippen LogP contribution is 2.41. The molecule has 4 nitrogen and oxygen atoms in total. The third-order valence-corrected chi connectivity index (χ3v) is 3.74. The molecule has 0 radical (unpaired) electrons. The van der Waals surface area contributed by atoms with Gasteiger partial charge in [-0.2, -0.15) is 0 Å². The van der Waals surface area contributed by atoms with Crippen molar-refractivity contribution < 1.29 is 9.47 Å². The monoisotopic (exact) mass is 262 g/mol. The Bertz CT molecular complexity index is 473. The van der Waals surface area contributed by atoms with E-state index < -0.39 is 5.79 Å². The van der Waals surface area contributed by atoms with E-state index in [0.717, 1.165) is 30.0 Å². The molecule has 0 spiro atoms. The van der Waals surface area contributed by atoms with Crippen molar-refractivity contribution in [3.63, 3.8) is 0 Å². The first-order valence-corrected chi connectivity index (χ1v) is 7.06. The van der Waals surface area contributed by atoms with Gasteiger partial charge in [-0.3, -0.25) is 0 Å². The molecule has 19 heavy (non-hydrogen) atoms. The number of ether oxygens (including phenoxy) is 2.